The van der Waals surface area contributed by atoms with Crippen molar-refractivity contribution in [2.45, 2.75) is 32.7 Å². The minimum absolute atomic E-state index is 0.0770. The number of hydrogen-bond acceptors (Lipinski definition) is 4. The molecule has 0 bridgehead atoms. The molecule has 2 aromatic rings. The molecule has 0 N–H and O–H groups in total. The first-order chi connectivity index (χ1) is 11.8. The fraction of sp³-hybridized carbons (Fsp3) is 0.611. The highest BCUT2D eigenvalue weighted by Gasteiger charge is 2.33. The van der Waals surface area contributed by atoms with E-state index in [9.17, 15) is 4.79 Å². The average Bonchev–Trinajstić information content (AvgIpc) is 3.34. The van der Waals surface area contributed by atoms with Crippen LogP contribution in [0.25, 0.3) is 11.2 Å². The molecular weight excluding hydrogens is 304 g/mol. The van der Waals surface area contributed by atoms with Crippen LogP contribution in [0.3, 0.4) is 0 Å². The molecule has 2 aromatic heterocycles. The molecule has 4 heterocycles. The largest absolute Gasteiger partial charge is 0.381 e. The molecule has 6 heteroatoms. The molecule has 0 saturated carbocycles. The minimum Gasteiger partial charge on any atom is -0.381 e. The number of ether oxygens (including phenoxy) is 1. The maximum Gasteiger partial charge on any atom is 0.228 e. The molecular formula is C18H24N4O2. The molecule has 0 unspecified atom stereocenters. The van der Waals surface area contributed by atoms with E-state index in [1.807, 2.05) is 23.2 Å². The number of fused-ring (bicyclic) bond motifs is 1. The van der Waals surface area contributed by atoms with Crippen LogP contribution in [0, 0.1) is 11.8 Å². The molecule has 0 aromatic carbocycles. The summed E-state index contributed by atoms with van der Waals surface area (Å²) in [6, 6.07) is 3.95. The van der Waals surface area contributed by atoms with Crippen molar-refractivity contribution in [2.75, 3.05) is 26.3 Å². The zero-order valence-corrected chi connectivity index (χ0v) is 14.1. The van der Waals surface area contributed by atoms with Gasteiger partial charge in [0.15, 0.2) is 5.65 Å². The van der Waals surface area contributed by atoms with Crippen molar-refractivity contribution in [1.29, 1.82) is 0 Å². The first-order valence-corrected chi connectivity index (χ1v) is 8.93. The molecule has 2 fully saturated rings. The van der Waals surface area contributed by atoms with Gasteiger partial charge in [0, 0.05) is 38.9 Å². The lowest BCUT2D eigenvalue weighted by Gasteiger charge is -2.19. The molecule has 2 atom stereocenters. The van der Waals surface area contributed by atoms with E-state index in [2.05, 4.69) is 16.5 Å². The molecule has 0 spiro atoms. The lowest BCUT2D eigenvalue weighted by molar-refractivity contribution is -0.134. The Kier molecular flexibility index (Phi) is 4.22. The summed E-state index contributed by atoms with van der Waals surface area (Å²) in [7, 11) is 0. The number of hydrogen-bond donors (Lipinski definition) is 0. The van der Waals surface area contributed by atoms with Crippen molar-refractivity contribution < 1.29 is 9.53 Å². The number of imidazole rings is 1. The number of pyridine rings is 1. The highest BCUT2D eigenvalue weighted by molar-refractivity contribution is 5.79. The van der Waals surface area contributed by atoms with E-state index in [-0.39, 0.29) is 11.8 Å². The Morgan fingerprint density at radius 2 is 2.33 bits per heavy atom. The Morgan fingerprint density at radius 3 is 3.12 bits per heavy atom. The van der Waals surface area contributed by atoms with E-state index < -0.39 is 0 Å². The SMILES string of the molecule is CCn1c(C[C@H]2CCN(C(=O)[C@@H]3CCOC3)C2)nc2cccnc21. The van der Waals surface area contributed by atoms with E-state index >= 15 is 0 Å². The van der Waals surface area contributed by atoms with E-state index in [0.29, 0.717) is 12.5 Å². The molecule has 2 aliphatic rings. The quantitative estimate of drug-likeness (QED) is 0.860. The Hall–Kier alpha value is -1.95. The zero-order chi connectivity index (χ0) is 16.5. The van der Waals surface area contributed by atoms with Crippen molar-refractivity contribution in [3.05, 3.63) is 24.2 Å². The number of likely N-dealkylation sites (tertiary alicyclic amines) is 1. The van der Waals surface area contributed by atoms with Crippen molar-refractivity contribution in [3.63, 3.8) is 0 Å². The maximum absolute atomic E-state index is 12.5. The minimum atomic E-state index is 0.0770. The van der Waals surface area contributed by atoms with Gasteiger partial charge in [0.25, 0.3) is 0 Å². The molecule has 1 amide bonds. The third kappa shape index (κ3) is 2.79. The summed E-state index contributed by atoms with van der Waals surface area (Å²) in [5.74, 6) is 1.93. The van der Waals surface area contributed by atoms with Gasteiger partial charge < -0.3 is 14.2 Å². The first-order valence-electron chi connectivity index (χ1n) is 8.93. The summed E-state index contributed by atoms with van der Waals surface area (Å²) in [6.45, 7) is 6.03. The number of carbonyl (C=O) groups excluding carboxylic acids is 1. The van der Waals surface area contributed by atoms with Crippen LogP contribution in [0.15, 0.2) is 18.3 Å². The van der Waals surface area contributed by atoms with Crippen molar-refractivity contribution >= 4 is 17.1 Å². The number of aromatic nitrogens is 3. The molecule has 24 heavy (non-hydrogen) atoms. The first kappa shape index (κ1) is 15.6. The van der Waals surface area contributed by atoms with Gasteiger partial charge in [0.2, 0.25) is 5.91 Å². The van der Waals surface area contributed by atoms with E-state index in [0.717, 1.165) is 62.5 Å². The Labute approximate surface area is 141 Å². The smallest absolute Gasteiger partial charge is 0.228 e. The highest BCUT2D eigenvalue weighted by atomic mass is 16.5. The van der Waals surface area contributed by atoms with Crippen LogP contribution in [-0.2, 0) is 22.5 Å². The number of amides is 1. The normalized spacial score (nSPS) is 24.1. The van der Waals surface area contributed by atoms with E-state index in [1.54, 1.807) is 0 Å². The van der Waals surface area contributed by atoms with Gasteiger partial charge in [-0.15, -0.1) is 0 Å². The van der Waals surface area contributed by atoms with Crippen molar-refractivity contribution in [1.82, 2.24) is 19.4 Å². The zero-order valence-electron chi connectivity index (χ0n) is 14.1. The van der Waals surface area contributed by atoms with Crippen molar-refractivity contribution in [2.24, 2.45) is 11.8 Å². The second-order valence-corrected chi connectivity index (χ2v) is 6.82. The number of carbonyl (C=O) groups is 1. The fourth-order valence-corrected chi connectivity index (χ4v) is 3.94. The summed E-state index contributed by atoms with van der Waals surface area (Å²) in [6.07, 6.45) is 4.66. The third-order valence-corrected chi connectivity index (χ3v) is 5.25. The second kappa shape index (κ2) is 6.51. The van der Waals surface area contributed by atoms with E-state index in [4.69, 9.17) is 9.72 Å². The van der Waals surface area contributed by atoms with Crippen LogP contribution >= 0.6 is 0 Å². The van der Waals surface area contributed by atoms with Gasteiger partial charge in [-0.3, -0.25) is 4.79 Å². The van der Waals surface area contributed by atoms with Gasteiger partial charge in [-0.05, 0) is 37.8 Å². The van der Waals surface area contributed by atoms with Gasteiger partial charge >= 0.3 is 0 Å². The fourth-order valence-electron chi connectivity index (χ4n) is 3.94. The van der Waals surface area contributed by atoms with Gasteiger partial charge in [-0.2, -0.15) is 0 Å². The van der Waals surface area contributed by atoms with Gasteiger partial charge in [-0.25, -0.2) is 9.97 Å². The Bertz CT molecular complexity index is 736. The third-order valence-electron chi connectivity index (χ3n) is 5.25. The predicted molar refractivity (Wildman–Crippen MR) is 90.5 cm³/mol. The predicted octanol–water partition coefficient (Wildman–Crippen LogP) is 1.88. The van der Waals surface area contributed by atoms with Crippen LogP contribution in [0.4, 0.5) is 0 Å². The van der Waals surface area contributed by atoms with E-state index in [1.165, 1.54) is 0 Å². The summed E-state index contributed by atoms with van der Waals surface area (Å²) < 4.78 is 7.56. The highest BCUT2D eigenvalue weighted by Crippen LogP contribution is 2.25. The molecule has 0 aliphatic carbocycles. The van der Waals surface area contributed by atoms with Crippen molar-refractivity contribution in [3.8, 4) is 0 Å². The average molecular weight is 328 g/mol. The lowest BCUT2D eigenvalue weighted by Crippen LogP contribution is -2.34. The number of aryl methyl sites for hydroxylation is 1. The summed E-state index contributed by atoms with van der Waals surface area (Å²) in [5.41, 5.74) is 1.92. The lowest BCUT2D eigenvalue weighted by atomic mass is 10.0. The molecule has 128 valence electrons. The van der Waals surface area contributed by atoms with Gasteiger partial charge in [0.05, 0.1) is 12.5 Å². The molecule has 0 radical (unpaired) electrons. The summed E-state index contributed by atoms with van der Waals surface area (Å²) in [5, 5.41) is 0. The number of rotatable bonds is 4. The van der Waals surface area contributed by atoms with Gasteiger partial charge in [0.1, 0.15) is 11.3 Å². The monoisotopic (exact) mass is 328 g/mol. The van der Waals surface area contributed by atoms with Gasteiger partial charge in [-0.1, -0.05) is 0 Å². The second-order valence-electron chi connectivity index (χ2n) is 6.82. The van der Waals surface area contributed by atoms with Crippen LogP contribution in [0.1, 0.15) is 25.6 Å². The van der Waals surface area contributed by atoms with Crippen LogP contribution < -0.4 is 0 Å². The molecule has 6 nitrogen and oxygen atoms in total. The summed E-state index contributed by atoms with van der Waals surface area (Å²) >= 11 is 0. The Morgan fingerprint density at radius 1 is 1.42 bits per heavy atom. The summed E-state index contributed by atoms with van der Waals surface area (Å²) in [4.78, 5) is 23.8. The van der Waals surface area contributed by atoms with Crippen LogP contribution in [0.5, 0.6) is 0 Å². The van der Waals surface area contributed by atoms with Crippen LogP contribution in [-0.4, -0.2) is 51.6 Å². The Balaban J connectivity index is 1.46. The van der Waals surface area contributed by atoms with Crippen LogP contribution in [0.2, 0.25) is 0 Å². The standard InChI is InChI=1S/C18H24N4O2/c1-2-22-16(20-15-4-3-7-19-17(15)22)10-13-5-8-21(11-13)18(23)14-6-9-24-12-14/h3-4,7,13-14H,2,5-6,8-12H2,1H3/t13-,14-/m1/s1. The molecule has 2 aliphatic heterocycles. The maximum atomic E-state index is 12.5. The molecule has 4 rings (SSSR count). The number of nitrogens with zero attached hydrogens (tertiary/aromatic N) is 4. The molecule has 2 saturated heterocycles. The topological polar surface area (TPSA) is 60.2 Å².